The fourth-order valence-corrected chi connectivity index (χ4v) is 8.65. The van der Waals surface area contributed by atoms with Crippen molar-refractivity contribution >= 4 is 78.3 Å². The van der Waals surface area contributed by atoms with E-state index in [1.807, 2.05) is 97.1 Å². The standard InChI is InChI=1S/C61H56IN5/c1-58(2,3)52-24-38-16-44(29-52)49(34-64)21-39-17-45(30-53(25-39)59(4,5)6)50(35-65)22-40-18-46(31-54(26-40)60(7,8)9)51(36-66)23-41-19-47(32-55(27-41)61(10,11)12)56(37-67)57(62)43-15-13-14-42(28-43)48(20-38)33-63/h13-32H,1-12H3/b48-20+,49-21+,50-22+,51-23+,57-56-. The molecule has 1 aliphatic carbocycles. The van der Waals surface area contributed by atoms with Crippen molar-refractivity contribution in [1.29, 1.82) is 26.3 Å². The Labute approximate surface area is 412 Å². The van der Waals surface area contributed by atoms with Crippen LogP contribution in [0.3, 0.4) is 0 Å². The van der Waals surface area contributed by atoms with Crippen LogP contribution in [0.25, 0.3) is 55.7 Å². The highest BCUT2D eigenvalue weighted by Crippen LogP contribution is 2.38. The van der Waals surface area contributed by atoms with Crippen LogP contribution in [-0.4, -0.2) is 0 Å². The molecule has 0 atom stereocenters. The smallest absolute Gasteiger partial charge is 0.101 e. The Bertz CT molecular complexity index is 3210. The first-order valence-electron chi connectivity index (χ1n) is 22.4. The number of fused-ring (bicyclic) bond motifs is 10. The fourth-order valence-electron chi connectivity index (χ4n) is 7.88. The van der Waals surface area contributed by atoms with Gasteiger partial charge in [-0.15, -0.1) is 0 Å². The molecule has 67 heavy (non-hydrogen) atoms. The maximum absolute atomic E-state index is 10.9. The zero-order valence-corrected chi connectivity index (χ0v) is 42.8. The van der Waals surface area contributed by atoms with Gasteiger partial charge in [0.1, 0.15) is 6.07 Å². The zero-order valence-electron chi connectivity index (χ0n) is 40.7. The van der Waals surface area contributed by atoms with E-state index in [1.54, 1.807) is 0 Å². The molecule has 0 saturated heterocycles. The highest BCUT2D eigenvalue weighted by Gasteiger charge is 2.23. The van der Waals surface area contributed by atoms with E-state index < -0.39 is 0 Å². The third-order valence-corrected chi connectivity index (χ3v) is 13.2. The number of rotatable bonds is 0. The number of allylic oxidation sites excluding steroid dienone is 5. The summed E-state index contributed by atoms with van der Waals surface area (Å²) in [5, 5.41) is 54.2. The molecule has 0 radical (unpaired) electrons. The van der Waals surface area contributed by atoms with Gasteiger partial charge in [-0.3, -0.25) is 0 Å². The van der Waals surface area contributed by atoms with Crippen LogP contribution in [0, 0.1) is 56.7 Å². The molecule has 0 heterocycles. The van der Waals surface area contributed by atoms with Gasteiger partial charge in [0.15, 0.2) is 0 Å². The fraction of sp³-hybridized carbons (Fsp3) is 0.262. The van der Waals surface area contributed by atoms with Crippen molar-refractivity contribution in [2.45, 2.75) is 105 Å². The number of hydrogen-bond donors (Lipinski definition) is 0. The summed E-state index contributed by atoms with van der Waals surface area (Å²) in [7, 11) is 0. The molecule has 332 valence electrons. The molecule has 0 aliphatic heterocycles. The second-order valence-electron chi connectivity index (χ2n) is 21.4. The average molecular weight is 986 g/mol. The lowest BCUT2D eigenvalue weighted by Crippen LogP contribution is -2.12. The Morgan fingerprint density at radius 2 is 0.612 bits per heavy atom. The molecule has 0 saturated carbocycles. The molecule has 0 fully saturated rings. The summed E-state index contributed by atoms with van der Waals surface area (Å²) in [4.78, 5) is 0. The van der Waals surface area contributed by atoms with Crippen LogP contribution in [0.1, 0.15) is 161 Å². The second kappa shape index (κ2) is 19.1. The molecule has 6 rings (SSSR count). The lowest BCUT2D eigenvalue weighted by atomic mass is 9.82. The lowest BCUT2D eigenvalue weighted by Gasteiger charge is -2.22. The quantitative estimate of drug-likeness (QED) is 0.143. The minimum absolute atomic E-state index is 0.286. The van der Waals surface area contributed by atoms with Crippen molar-refractivity contribution in [3.8, 4) is 30.3 Å². The number of halogens is 1. The first-order chi connectivity index (χ1) is 31.3. The van der Waals surface area contributed by atoms with Gasteiger partial charge in [0, 0.05) is 3.58 Å². The summed E-state index contributed by atoms with van der Waals surface area (Å²) in [5.41, 5.74) is 12.4. The van der Waals surface area contributed by atoms with E-state index in [1.165, 1.54) is 0 Å². The van der Waals surface area contributed by atoms with Crippen molar-refractivity contribution in [1.82, 2.24) is 0 Å². The number of nitrogens with zero attached hydrogens (tertiary/aromatic N) is 5. The van der Waals surface area contributed by atoms with Crippen LogP contribution in [0.15, 0.2) is 97.1 Å². The van der Waals surface area contributed by atoms with Gasteiger partial charge in [-0.05, 0) is 201 Å². The molecule has 0 amide bonds. The number of nitriles is 5. The van der Waals surface area contributed by atoms with Crippen molar-refractivity contribution in [3.05, 3.63) is 175 Å². The molecule has 10 bridgehead atoms. The Hall–Kier alpha value is -7.02. The summed E-state index contributed by atoms with van der Waals surface area (Å²) < 4.78 is 0.716. The third kappa shape index (κ3) is 11.5. The topological polar surface area (TPSA) is 119 Å². The Morgan fingerprint density at radius 1 is 0.328 bits per heavy atom. The van der Waals surface area contributed by atoms with E-state index in [2.05, 4.69) is 160 Å². The normalized spacial score (nSPS) is 17.9. The van der Waals surface area contributed by atoms with E-state index in [4.69, 9.17) is 0 Å². The molecule has 0 spiro atoms. The van der Waals surface area contributed by atoms with Crippen LogP contribution in [0.5, 0.6) is 0 Å². The molecule has 1 aliphatic rings. The molecule has 5 aromatic rings. The first kappa shape index (κ1) is 49.4. The molecular weight excluding hydrogens is 930 g/mol. The maximum atomic E-state index is 10.9. The number of benzene rings is 5. The van der Waals surface area contributed by atoms with Gasteiger partial charge in [-0.2, -0.15) is 26.3 Å². The maximum Gasteiger partial charge on any atom is 0.101 e. The average Bonchev–Trinajstić information content (AvgIpc) is 3.26. The van der Waals surface area contributed by atoms with E-state index in [9.17, 15) is 26.3 Å². The van der Waals surface area contributed by atoms with Crippen LogP contribution >= 0.6 is 22.6 Å². The van der Waals surface area contributed by atoms with Gasteiger partial charge in [-0.25, -0.2) is 0 Å². The predicted molar refractivity (Wildman–Crippen MR) is 287 cm³/mol. The van der Waals surface area contributed by atoms with Crippen LogP contribution in [0.4, 0.5) is 0 Å². The van der Waals surface area contributed by atoms with Gasteiger partial charge >= 0.3 is 0 Å². The van der Waals surface area contributed by atoms with Gasteiger partial charge in [0.05, 0.1) is 52.1 Å². The largest absolute Gasteiger partial charge is 0.192 e. The molecule has 6 heteroatoms. The molecule has 5 aromatic carbocycles. The van der Waals surface area contributed by atoms with Crippen LogP contribution < -0.4 is 0 Å². The first-order valence-corrected chi connectivity index (χ1v) is 23.4. The molecule has 5 nitrogen and oxygen atoms in total. The van der Waals surface area contributed by atoms with Crippen molar-refractivity contribution in [2.24, 2.45) is 0 Å². The summed E-state index contributed by atoms with van der Waals surface area (Å²) in [6, 6.07) is 44.4. The van der Waals surface area contributed by atoms with Crippen molar-refractivity contribution in [2.75, 3.05) is 0 Å². The molecular formula is C61H56IN5. The van der Waals surface area contributed by atoms with E-state index in [0.29, 0.717) is 59.3 Å². The zero-order chi connectivity index (χ0) is 49.2. The number of hydrogen-bond acceptors (Lipinski definition) is 5. The summed E-state index contributed by atoms with van der Waals surface area (Å²) >= 11 is 2.23. The van der Waals surface area contributed by atoms with Crippen molar-refractivity contribution in [3.63, 3.8) is 0 Å². The minimum atomic E-state index is -0.293. The predicted octanol–water partition coefficient (Wildman–Crippen LogP) is 16.3. The van der Waals surface area contributed by atoms with Gasteiger partial charge in [0.25, 0.3) is 0 Å². The molecule has 0 unspecified atom stereocenters. The summed E-state index contributed by atoms with van der Waals surface area (Å²) in [6.07, 6.45) is 7.50. The SMILES string of the molecule is CC(C)(C)c1cc2cc(c1)/C(C#N)=C/c1cc(cc(C(C)(C)C)c1)/C(C#N)=C/c1cc(cc(C(C)(C)C)c1)/C(C#N)=C/c1cc(cc(C(C)(C)C)c1)/C(C#N)=C(\I)c1cccc(c1)/C(C#N)=C/2. The van der Waals surface area contributed by atoms with Crippen LogP contribution in [-0.2, 0) is 21.7 Å². The highest BCUT2D eigenvalue weighted by molar-refractivity contribution is 14.1. The van der Waals surface area contributed by atoms with Gasteiger partial charge < -0.3 is 0 Å². The third-order valence-electron chi connectivity index (χ3n) is 12.0. The Balaban J connectivity index is 1.78. The molecule has 0 aromatic heterocycles. The van der Waals surface area contributed by atoms with E-state index >= 15 is 0 Å². The monoisotopic (exact) mass is 985 g/mol. The highest BCUT2D eigenvalue weighted by atomic mass is 127. The lowest BCUT2D eigenvalue weighted by molar-refractivity contribution is 0.589. The second-order valence-corrected chi connectivity index (χ2v) is 22.5. The summed E-state index contributed by atoms with van der Waals surface area (Å²) in [6.45, 7) is 25.5. The Kier molecular flexibility index (Phi) is 14.1. The van der Waals surface area contributed by atoms with Crippen LogP contribution in [0.2, 0.25) is 0 Å². The van der Waals surface area contributed by atoms with Crippen molar-refractivity contribution < 1.29 is 0 Å². The van der Waals surface area contributed by atoms with E-state index in [-0.39, 0.29) is 21.7 Å². The van der Waals surface area contributed by atoms with Gasteiger partial charge in [0.2, 0.25) is 0 Å². The Morgan fingerprint density at radius 3 is 0.910 bits per heavy atom. The summed E-state index contributed by atoms with van der Waals surface area (Å²) in [5.74, 6) is 0. The van der Waals surface area contributed by atoms with Gasteiger partial charge in [-0.1, -0.05) is 126 Å². The minimum Gasteiger partial charge on any atom is -0.192 e. The van der Waals surface area contributed by atoms with E-state index in [0.717, 1.165) is 50.1 Å². The molecule has 0 N–H and O–H groups in total.